The van der Waals surface area contributed by atoms with Gasteiger partial charge in [-0.05, 0) is 32.3 Å². The summed E-state index contributed by atoms with van der Waals surface area (Å²) >= 11 is 0. The first-order chi connectivity index (χ1) is 14.8. The lowest BCUT2D eigenvalue weighted by atomic mass is 10.1. The maximum absolute atomic E-state index is 13.3. The number of para-hydroxylation sites is 1. The molecule has 0 radical (unpaired) electrons. The molecule has 1 aliphatic carbocycles. The Morgan fingerprint density at radius 3 is 2.55 bits per heavy atom. The Labute approximate surface area is 182 Å². The summed E-state index contributed by atoms with van der Waals surface area (Å²) in [7, 11) is 0. The number of benzene rings is 2. The van der Waals surface area contributed by atoms with E-state index >= 15 is 0 Å². The van der Waals surface area contributed by atoms with E-state index in [1.54, 1.807) is 25.1 Å². The minimum absolute atomic E-state index is 0.0885. The molecule has 1 aliphatic rings. The quantitative estimate of drug-likeness (QED) is 0.514. The SMILES string of the molecule is Cc1cccc(CN(C(=O)Cc2ccccc2[N+](=O)[O-])C(C)C(=O)NC2CCCC2)c1. The van der Waals surface area contributed by atoms with Crippen molar-refractivity contribution < 1.29 is 14.5 Å². The Morgan fingerprint density at radius 1 is 1.16 bits per heavy atom. The summed E-state index contributed by atoms with van der Waals surface area (Å²) in [4.78, 5) is 38.6. The van der Waals surface area contributed by atoms with Crippen LogP contribution in [0, 0.1) is 17.0 Å². The molecule has 7 nitrogen and oxygen atoms in total. The molecule has 0 heterocycles. The molecule has 2 aromatic carbocycles. The lowest BCUT2D eigenvalue weighted by Gasteiger charge is -2.30. The zero-order chi connectivity index (χ0) is 22.4. The highest BCUT2D eigenvalue weighted by Gasteiger charge is 2.29. The highest BCUT2D eigenvalue weighted by molar-refractivity contribution is 5.88. The summed E-state index contributed by atoms with van der Waals surface area (Å²) in [6.07, 6.45) is 3.98. The van der Waals surface area contributed by atoms with Gasteiger partial charge in [-0.15, -0.1) is 0 Å². The van der Waals surface area contributed by atoms with E-state index in [4.69, 9.17) is 0 Å². The van der Waals surface area contributed by atoms with Crippen LogP contribution in [0.5, 0.6) is 0 Å². The molecule has 0 saturated heterocycles. The Bertz CT molecular complexity index is 953. The largest absolute Gasteiger partial charge is 0.352 e. The van der Waals surface area contributed by atoms with E-state index in [1.165, 1.54) is 11.0 Å². The van der Waals surface area contributed by atoms with Crippen molar-refractivity contribution in [3.63, 3.8) is 0 Å². The van der Waals surface area contributed by atoms with E-state index in [0.29, 0.717) is 5.56 Å². The van der Waals surface area contributed by atoms with Gasteiger partial charge in [0.15, 0.2) is 0 Å². The number of nitro benzene ring substituents is 1. The third-order valence-electron chi connectivity index (χ3n) is 5.83. The van der Waals surface area contributed by atoms with Crippen LogP contribution in [0.1, 0.15) is 49.3 Å². The van der Waals surface area contributed by atoms with Crippen LogP contribution >= 0.6 is 0 Å². The molecule has 3 rings (SSSR count). The standard InChI is InChI=1S/C24H29N3O4/c1-17-8-7-9-19(14-17)16-26(18(2)24(29)25-21-11-4-5-12-21)23(28)15-20-10-3-6-13-22(20)27(30)31/h3,6-10,13-14,18,21H,4-5,11-12,15-16H2,1-2H3,(H,25,29). The number of carbonyl (C=O) groups excluding carboxylic acids is 2. The fourth-order valence-corrected chi connectivity index (χ4v) is 4.08. The Morgan fingerprint density at radius 2 is 1.87 bits per heavy atom. The van der Waals surface area contributed by atoms with Crippen LogP contribution in [0.4, 0.5) is 5.69 Å². The van der Waals surface area contributed by atoms with E-state index in [9.17, 15) is 19.7 Å². The smallest absolute Gasteiger partial charge is 0.273 e. The predicted molar refractivity (Wildman–Crippen MR) is 118 cm³/mol. The van der Waals surface area contributed by atoms with Crippen molar-refractivity contribution in [3.05, 3.63) is 75.3 Å². The normalized spacial score (nSPS) is 14.8. The molecule has 1 N–H and O–H groups in total. The summed E-state index contributed by atoms with van der Waals surface area (Å²) in [6.45, 7) is 3.96. The number of amides is 2. The van der Waals surface area contributed by atoms with Gasteiger partial charge in [0.05, 0.1) is 11.3 Å². The average Bonchev–Trinajstić information content (AvgIpc) is 3.24. The van der Waals surface area contributed by atoms with E-state index < -0.39 is 11.0 Å². The molecule has 2 aromatic rings. The van der Waals surface area contributed by atoms with E-state index in [1.807, 2.05) is 31.2 Å². The van der Waals surface area contributed by atoms with Crippen molar-refractivity contribution >= 4 is 17.5 Å². The van der Waals surface area contributed by atoms with Crippen LogP contribution in [0.3, 0.4) is 0 Å². The van der Waals surface area contributed by atoms with Gasteiger partial charge in [0, 0.05) is 24.2 Å². The van der Waals surface area contributed by atoms with Crippen molar-refractivity contribution in [3.8, 4) is 0 Å². The second kappa shape index (κ2) is 10.2. The molecule has 0 aliphatic heterocycles. The molecule has 0 aromatic heterocycles. The van der Waals surface area contributed by atoms with Gasteiger partial charge in [0.25, 0.3) is 5.69 Å². The maximum Gasteiger partial charge on any atom is 0.273 e. The first-order valence-electron chi connectivity index (χ1n) is 10.7. The molecular weight excluding hydrogens is 394 g/mol. The van der Waals surface area contributed by atoms with Crippen molar-refractivity contribution in [1.82, 2.24) is 10.2 Å². The first-order valence-corrected chi connectivity index (χ1v) is 10.7. The zero-order valence-electron chi connectivity index (χ0n) is 18.0. The third-order valence-corrected chi connectivity index (χ3v) is 5.83. The molecule has 2 amide bonds. The van der Waals surface area contributed by atoms with Gasteiger partial charge in [-0.3, -0.25) is 19.7 Å². The van der Waals surface area contributed by atoms with Gasteiger partial charge in [-0.1, -0.05) is 60.9 Å². The highest BCUT2D eigenvalue weighted by Crippen LogP contribution is 2.21. The summed E-state index contributed by atoms with van der Waals surface area (Å²) < 4.78 is 0. The number of nitrogens with one attached hydrogen (secondary N) is 1. The predicted octanol–water partition coefficient (Wildman–Crippen LogP) is 3.92. The zero-order valence-corrected chi connectivity index (χ0v) is 18.0. The van der Waals surface area contributed by atoms with Crippen molar-refractivity contribution in [2.75, 3.05) is 0 Å². The lowest BCUT2D eigenvalue weighted by Crippen LogP contribution is -2.50. The third kappa shape index (κ3) is 5.90. The van der Waals surface area contributed by atoms with Crippen LogP contribution in [0.15, 0.2) is 48.5 Å². The average molecular weight is 424 g/mol. The van der Waals surface area contributed by atoms with Gasteiger partial charge in [-0.25, -0.2) is 0 Å². The second-order valence-corrected chi connectivity index (χ2v) is 8.24. The number of hydrogen-bond donors (Lipinski definition) is 1. The second-order valence-electron chi connectivity index (χ2n) is 8.24. The van der Waals surface area contributed by atoms with Crippen LogP contribution < -0.4 is 5.32 Å². The summed E-state index contributed by atoms with van der Waals surface area (Å²) in [6, 6.07) is 13.5. The number of carbonyl (C=O) groups is 2. The Balaban J connectivity index is 1.82. The Kier molecular flexibility index (Phi) is 7.39. The summed E-state index contributed by atoms with van der Waals surface area (Å²) in [5, 5.41) is 14.4. The monoisotopic (exact) mass is 423 g/mol. The summed E-state index contributed by atoms with van der Waals surface area (Å²) in [5.74, 6) is -0.500. The van der Waals surface area contributed by atoms with Crippen molar-refractivity contribution in [2.45, 2.75) is 64.6 Å². The van der Waals surface area contributed by atoms with Crippen LogP contribution in [0.2, 0.25) is 0 Å². The molecule has 1 saturated carbocycles. The molecule has 0 bridgehead atoms. The molecule has 1 fully saturated rings. The Hall–Kier alpha value is -3.22. The lowest BCUT2D eigenvalue weighted by molar-refractivity contribution is -0.385. The van der Waals surface area contributed by atoms with E-state index in [2.05, 4.69) is 5.32 Å². The fraction of sp³-hybridized carbons (Fsp3) is 0.417. The summed E-state index contributed by atoms with van der Waals surface area (Å²) in [5.41, 5.74) is 2.23. The van der Waals surface area contributed by atoms with Crippen molar-refractivity contribution in [2.24, 2.45) is 0 Å². The number of nitrogens with zero attached hydrogens (tertiary/aromatic N) is 2. The minimum atomic E-state index is -0.684. The van der Waals surface area contributed by atoms with Gasteiger partial charge in [0.1, 0.15) is 6.04 Å². The van der Waals surface area contributed by atoms with E-state index in [0.717, 1.165) is 36.8 Å². The fourth-order valence-electron chi connectivity index (χ4n) is 4.08. The van der Waals surface area contributed by atoms with Crippen LogP contribution in [-0.2, 0) is 22.6 Å². The van der Waals surface area contributed by atoms with Gasteiger partial charge < -0.3 is 10.2 Å². The number of rotatable bonds is 8. The topological polar surface area (TPSA) is 92.6 Å². The molecular formula is C24H29N3O4. The van der Waals surface area contributed by atoms with Crippen LogP contribution in [-0.4, -0.2) is 33.7 Å². The number of hydrogen-bond acceptors (Lipinski definition) is 4. The van der Waals surface area contributed by atoms with Crippen molar-refractivity contribution in [1.29, 1.82) is 0 Å². The molecule has 0 spiro atoms. The van der Waals surface area contributed by atoms with Gasteiger partial charge in [-0.2, -0.15) is 0 Å². The molecule has 31 heavy (non-hydrogen) atoms. The molecule has 1 atom stereocenters. The van der Waals surface area contributed by atoms with Crippen LogP contribution in [0.25, 0.3) is 0 Å². The number of aryl methyl sites for hydroxylation is 1. The van der Waals surface area contributed by atoms with Gasteiger partial charge in [0.2, 0.25) is 11.8 Å². The first kappa shape index (κ1) is 22.5. The molecule has 1 unspecified atom stereocenters. The van der Waals surface area contributed by atoms with Gasteiger partial charge >= 0.3 is 0 Å². The van der Waals surface area contributed by atoms with E-state index in [-0.39, 0.29) is 36.5 Å². The molecule has 7 heteroatoms. The molecule has 164 valence electrons. The highest BCUT2D eigenvalue weighted by atomic mass is 16.6. The minimum Gasteiger partial charge on any atom is -0.352 e. The maximum atomic E-state index is 13.3. The number of nitro groups is 1.